The van der Waals surface area contributed by atoms with Gasteiger partial charge in [-0.2, -0.15) is 0 Å². The number of ether oxygens (including phenoxy) is 2. The van der Waals surface area contributed by atoms with Gasteiger partial charge in [0, 0.05) is 108 Å². The summed E-state index contributed by atoms with van der Waals surface area (Å²) in [6, 6.07) is 14.0. The summed E-state index contributed by atoms with van der Waals surface area (Å²) in [7, 11) is 3.31. The standard InChI is InChI=1S/C80H105FN14O15/c1-49-72(101)90-63(45-85-66(97)17-9-8-10-33-82-4)74(103)87-60-41-54-15-13-16-55(39-54)44-84-68(99)48-110-65-31-38-94-71(65)76(105)91-70(50(2)96)75(104)89-61(40-52-22-25-58(109-5)26-23-52)78(107)95-37-14-32-80(95,3)79(108)83-34-30-51-18-20-53(21-19-51)46-93(69(100)29-28-67(98)86-49)36-12-7-6-11-35-92-47-56(42-62(77(94)106)88-73(60)102)59-43-57(81)24-27-64(59)92/h13,15-16,18-27,39,43,47,49-50,60-63,65,70-71,82,96H,6-12,14,17,28-38,40-42,44-46,48H2,1-5H3,(H,83,108)(H,84,99)(H,85,97)(H,86,98)(H,87,103)(H,88,102)(H,89,104)(H,90,101)(H,91,105)/t49-,50+,60-,61-,62-,63+,65-,70-,71-,80-/m0/s1. The number of fused-ring (bicyclic) bond motifs is 16. The third-order valence-corrected chi connectivity index (χ3v) is 21.3. The van der Waals surface area contributed by atoms with Crippen molar-refractivity contribution in [2.45, 2.75) is 210 Å². The molecule has 0 radical (unpaired) electrons. The first kappa shape index (κ1) is 82.2. The number of aryl methyl sites for hydroxylation is 1. The van der Waals surface area contributed by atoms with Crippen molar-refractivity contribution in [1.29, 1.82) is 0 Å². The van der Waals surface area contributed by atoms with Crippen LogP contribution in [-0.2, 0) is 108 Å². The van der Waals surface area contributed by atoms with Crippen molar-refractivity contribution in [3.8, 4) is 5.75 Å². The van der Waals surface area contributed by atoms with Gasteiger partial charge in [-0.3, -0.25) is 57.5 Å². The number of amides is 12. The number of unbranched alkanes of at least 4 members (excludes halogenated alkanes) is 2. The number of carbonyl (C=O) groups excluding carboxylic acids is 12. The lowest BCUT2D eigenvalue weighted by Crippen LogP contribution is -2.64. The molecule has 110 heavy (non-hydrogen) atoms. The minimum atomic E-state index is -1.85. The summed E-state index contributed by atoms with van der Waals surface area (Å²) in [5.74, 6) is -9.02. The highest BCUT2D eigenvalue weighted by atomic mass is 19.1. The second-order valence-corrected chi connectivity index (χ2v) is 29.6. The Bertz CT molecular complexity index is 4140. The van der Waals surface area contributed by atoms with E-state index in [1.807, 2.05) is 35.9 Å². The lowest BCUT2D eigenvalue weighted by molar-refractivity contribution is -0.148. The van der Waals surface area contributed by atoms with E-state index in [2.05, 4.69) is 53.2 Å². The van der Waals surface area contributed by atoms with Crippen LogP contribution in [0.15, 0.2) is 97.2 Å². The van der Waals surface area contributed by atoms with Crippen molar-refractivity contribution in [3.63, 3.8) is 0 Å². The van der Waals surface area contributed by atoms with Gasteiger partial charge in [0.15, 0.2) is 0 Å². The highest BCUT2D eigenvalue weighted by Crippen LogP contribution is 2.32. The van der Waals surface area contributed by atoms with Gasteiger partial charge in [0.25, 0.3) is 0 Å². The van der Waals surface area contributed by atoms with E-state index in [1.54, 1.807) is 72.6 Å². The van der Waals surface area contributed by atoms with Gasteiger partial charge in [-0.25, -0.2) is 4.39 Å². The Kier molecular flexibility index (Phi) is 29.0. The monoisotopic (exact) mass is 1520 g/mol. The van der Waals surface area contributed by atoms with Crippen molar-refractivity contribution < 1.29 is 76.5 Å². The number of aliphatic hydroxyl groups excluding tert-OH is 1. The summed E-state index contributed by atoms with van der Waals surface area (Å²) >= 11 is 0. The van der Waals surface area contributed by atoms with E-state index in [9.17, 15) is 33.9 Å². The minimum Gasteiger partial charge on any atom is -0.497 e. The number of nitrogens with zero attached hydrogens (tertiary/aromatic N) is 4. The number of rotatable bonds is 12. The highest BCUT2D eigenvalue weighted by Gasteiger charge is 2.50. The molecule has 0 spiro atoms. The largest absolute Gasteiger partial charge is 0.497 e. The number of methoxy groups -OCH3 is 1. The van der Waals surface area contributed by atoms with Crippen LogP contribution in [0.4, 0.5) is 4.39 Å². The first-order valence-corrected chi connectivity index (χ1v) is 38.4. The fraction of sp³-hybridized carbons (Fsp3) is 0.525. The Hall–Kier alpha value is -10.3. The van der Waals surface area contributed by atoms with Crippen molar-refractivity contribution in [2.75, 3.05) is 60.0 Å². The second-order valence-electron chi connectivity index (χ2n) is 29.6. The molecule has 4 aromatic carbocycles. The zero-order valence-corrected chi connectivity index (χ0v) is 63.4. The summed E-state index contributed by atoms with van der Waals surface area (Å²) in [5.41, 5.74) is 2.76. The SMILES string of the molecule is CNCCCCCC(=O)NC[C@H]1NC(=O)[C@H](C)NC(=O)CCC(=O)N2CCCCCCn3cc(c4cc(F)ccc43)C[C@@H]3NC(=O)[C@H](Cc4cccc(c4)CNC(=O)CO[C@H]4CCN(C3=O)[C@@H]4C(=O)N[C@@H]([C@@H](C)O)C(=O)N[C@@H](Cc3ccc(OC)cc3)C(=O)N3CCC[C@@]3(C)C(=O)NCCc3ccc(cc3)C2)NC1=O. The predicted molar refractivity (Wildman–Crippen MR) is 404 cm³/mol. The Labute approximate surface area is 639 Å². The van der Waals surface area contributed by atoms with Crippen LogP contribution in [0.1, 0.15) is 138 Å². The topological polar surface area (TPSA) is 378 Å². The molecule has 11 N–H and O–H groups in total. The van der Waals surface area contributed by atoms with Gasteiger partial charge in [-0.1, -0.05) is 79.9 Å². The van der Waals surface area contributed by atoms with Crippen LogP contribution in [-0.4, -0.2) is 215 Å². The maximum Gasteiger partial charge on any atom is 0.246 e. The van der Waals surface area contributed by atoms with Crippen LogP contribution in [0, 0.1) is 5.82 Å². The molecule has 12 bridgehead atoms. The Morgan fingerprint density at radius 2 is 1.43 bits per heavy atom. The number of hydrogen-bond donors (Lipinski definition) is 11. The quantitative estimate of drug-likeness (QED) is 0.0797. The number of aromatic nitrogens is 1. The molecule has 11 rings (SSSR count). The Morgan fingerprint density at radius 1 is 0.691 bits per heavy atom. The molecule has 30 heteroatoms. The predicted octanol–water partition coefficient (Wildman–Crippen LogP) is 2.07. The zero-order chi connectivity index (χ0) is 78.6. The fourth-order valence-electron chi connectivity index (χ4n) is 15.0. The summed E-state index contributed by atoms with van der Waals surface area (Å²) in [4.78, 5) is 182. The molecule has 2 fully saturated rings. The van der Waals surface area contributed by atoms with Crippen molar-refractivity contribution >= 4 is 81.8 Å². The van der Waals surface area contributed by atoms with Crippen LogP contribution in [0.3, 0.4) is 0 Å². The number of benzene rings is 4. The molecule has 0 unspecified atom stereocenters. The third kappa shape index (κ3) is 21.8. The van der Waals surface area contributed by atoms with Crippen LogP contribution >= 0.6 is 0 Å². The van der Waals surface area contributed by atoms with E-state index in [-0.39, 0.29) is 90.0 Å². The molecule has 7 heterocycles. The van der Waals surface area contributed by atoms with E-state index in [1.165, 1.54) is 38.0 Å². The Morgan fingerprint density at radius 3 is 2.18 bits per heavy atom. The van der Waals surface area contributed by atoms with Crippen molar-refractivity contribution in [2.24, 2.45) is 0 Å². The van der Waals surface area contributed by atoms with Gasteiger partial charge < -0.3 is 87.0 Å². The van der Waals surface area contributed by atoms with Crippen LogP contribution in [0.25, 0.3) is 10.9 Å². The molecule has 2 saturated heterocycles. The van der Waals surface area contributed by atoms with Crippen molar-refractivity contribution in [1.82, 2.24) is 72.4 Å². The zero-order valence-electron chi connectivity index (χ0n) is 63.4. The summed E-state index contributed by atoms with van der Waals surface area (Å²) in [6.45, 7) is 4.73. The smallest absolute Gasteiger partial charge is 0.246 e. The molecular formula is C80H105FN14O15. The van der Waals surface area contributed by atoms with Gasteiger partial charge in [0.05, 0.1) is 19.3 Å². The molecule has 10 atom stereocenters. The molecule has 0 aliphatic carbocycles. The Balaban J connectivity index is 1.08. The van der Waals surface area contributed by atoms with E-state index in [0.29, 0.717) is 103 Å². The van der Waals surface area contributed by atoms with Gasteiger partial charge in [-0.05, 0) is 149 Å². The minimum absolute atomic E-state index is 0.0709. The average molecular weight is 1520 g/mol. The first-order chi connectivity index (χ1) is 52.9. The molecule has 12 amide bonds. The van der Waals surface area contributed by atoms with E-state index in [0.717, 1.165) is 29.0 Å². The van der Waals surface area contributed by atoms with E-state index >= 15 is 33.2 Å². The van der Waals surface area contributed by atoms with E-state index in [4.69, 9.17) is 9.47 Å². The van der Waals surface area contributed by atoms with Crippen LogP contribution < -0.4 is 57.9 Å². The van der Waals surface area contributed by atoms with Gasteiger partial charge in [-0.15, -0.1) is 0 Å². The normalized spacial score (nSPS) is 25.0. The maximum absolute atomic E-state index is 16.2. The molecule has 6 aliphatic heterocycles. The second kappa shape index (κ2) is 38.8. The van der Waals surface area contributed by atoms with Gasteiger partial charge in [0.1, 0.15) is 66.0 Å². The molecule has 29 nitrogen and oxygen atoms in total. The molecular weight excluding hydrogens is 1420 g/mol. The summed E-state index contributed by atoms with van der Waals surface area (Å²) in [5, 5.41) is 40.1. The van der Waals surface area contributed by atoms with Crippen molar-refractivity contribution in [3.05, 3.63) is 136 Å². The molecule has 0 saturated carbocycles. The molecule has 592 valence electrons. The van der Waals surface area contributed by atoms with E-state index < -0.39 is 144 Å². The number of carbonyl (C=O) groups is 12. The lowest BCUT2D eigenvalue weighted by Gasteiger charge is -2.37. The number of aliphatic hydroxyl groups is 1. The maximum atomic E-state index is 16.2. The molecule has 5 aromatic rings. The number of nitrogens with one attached hydrogen (secondary N) is 10. The first-order valence-electron chi connectivity index (χ1n) is 38.4. The fourth-order valence-corrected chi connectivity index (χ4v) is 15.0. The molecule has 6 aliphatic rings. The number of halogens is 1. The number of hydrogen-bond acceptors (Lipinski definition) is 16. The highest BCUT2D eigenvalue weighted by molar-refractivity contribution is 6.00. The van der Waals surface area contributed by atoms with Gasteiger partial charge >= 0.3 is 0 Å². The van der Waals surface area contributed by atoms with Crippen LogP contribution in [0.5, 0.6) is 5.75 Å². The summed E-state index contributed by atoms with van der Waals surface area (Å²) < 4.78 is 29.4. The van der Waals surface area contributed by atoms with Crippen LogP contribution in [0.2, 0.25) is 0 Å². The van der Waals surface area contributed by atoms with Gasteiger partial charge in [0.2, 0.25) is 70.9 Å². The third-order valence-electron chi connectivity index (χ3n) is 21.3. The average Bonchev–Trinajstić information content (AvgIpc) is 1.23. The summed E-state index contributed by atoms with van der Waals surface area (Å²) in [6.07, 6.45) is 2.96. The molecule has 1 aromatic heterocycles. The lowest BCUT2D eigenvalue weighted by atomic mass is 9.95.